The molecule has 1 atom stereocenters. The van der Waals surface area contributed by atoms with E-state index in [1.54, 1.807) is 12.1 Å². The zero-order valence-electron chi connectivity index (χ0n) is 24.4. The number of carboxylic acids is 3. The molecule has 0 heterocycles. The molecule has 0 aromatic heterocycles. The van der Waals surface area contributed by atoms with E-state index in [0.717, 1.165) is 12.8 Å². The molecule has 230 valence electrons. The van der Waals surface area contributed by atoms with Gasteiger partial charge in [0, 0.05) is 18.7 Å². The first-order valence-corrected chi connectivity index (χ1v) is 14.5. The van der Waals surface area contributed by atoms with Crippen molar-refractivity contribution in [3.8, 4) is 0 Å². The molecule has 1 unspecified atom stereocenters. The molecule has 1 aromatic carbocycles. The number of hydrogen-bond acceptors (Lipinski definition) is 6. The Morgan fingerprint density at radius 2 is 1.12 bits per heavy atom. The monoisotopic (exact) mass is 568 g/mol. The normalized spacial score (nSPS) is 10.8. The number of unbranched alkanes of at least 4 members (excludes halogenated alkanes) is 13. The highest BCUT2D eigenvalue weighted by Crippen LogP contribution is 2.12. The van der Waals surface area contributed by atoms with Gasteiger partial charge >= 0.3 is 17.9 Å². The molecule has 0 bridgehead atoms. The number of anilines is 1. The quantitative estimate of drug-likeness (QED) is 0.0826. The Bertz CT molecular complexity index is 797. The van der Waals surface area contributed by atoms with Crippen LogP contribution in [-0.4, -0.2) is 56.9 Å². The highest BCUT2D eigenvalue weighted by Gasteiger charge is 2.04. The smallest absolute Gasteiger partial charge is 0.335 e. The first-order chi connectivity index (χ1) is 19.0. The zero-order chi connectivity index (χ0) is 30.6. The highest BCUT2D eigenvalue weighted by molar-refractivity contribution is 5.87. The Morgan fingerprint density at radius 1 is 0.725 bits per heavy atom. The summed E-state index contributed by atoms with van der Waals surface area (Å²) in [5, 5.41) is 35.5. The fourth-order valence-corrected chi connectivity index (χ4v) is 3.48. The minimum Gasteiger partial charge on any atom is -0.481 e. The lowest BCUT2D eigenvalue weighted by Gasteiger charge is -2.05. The summed E-state index contributed by atoms with van der Waals surface area (Å²) in [6, 6.07) is 6.06. The number of rotatable bonds is 20. The second kappa shape index (κ2) is 27.4. The molecule has 0 radical (unpaired) electrons. The number of aliphatic carboxylic acids is 2. The zero-order valence-corrected chi connectivity index (χ0v) is 24.4. The summed E-state index contributed by atoms with van der Waals surface area (Å²) in [6.45, 7) is 4.14. The number of hydrogen-bond donors (Lipinski definition) is 6. The fourth-order valence-electron chi connectivity index (χ4n) is 3.48. The maximum atomic E-state index is 11.3. The van der Waals surface area contributed by atoms with Gasteiger partial charge in [-0.3, -0.25) is 9.59 Å². The maximum Gasteiger partial charge on any atom is 0.335 e. The number of carboxylic acid groups (broad SMARTS) is 3. The van der Waals surface area contributed by atoms with Crippen LogP contribution in [0.2, 0.25) is 0 Å². The molecule has 40 heavy (non-hydrogen) atoms. The van der Waals surface area contributed by atoms with E-state index in [1.807, 2.05) is 0 Å². The number of carbonyl (C=O) groups excluding carboxylic acids is 1. The van der Waals surface area contributed by atoms with Gasteiger partial charge in [-0.2, -0.15) is 0 Å². The van der Waals surface area contributed by atoms with E-state index in [9.17, 15) is 19.2 Å². The van der Waals surface area contributed by atoms with Crippen molar-refractivity contribution >= 4 is 29.5 Å². The summed E-state index contributed by atoms with van der Waals surface area (Å²) in [4.78, 5) is 41.4. The summed E-state index contributed by atoms with van der Waals surface area (Å²) >= 11 is 0. The van der Waals surface area contributed by atoms with E-state index in [4.69, 9.17) is 26.2 Å². The Balaban J connectivity index is 0. The lowest BCUT2D eigenvalue weighted by molar-refractivity contribution is -0.145. The SMILES string of the molecule is CC(O)C(=O)O.CCCCCCCCCCCCCCCCNC(=O)CCC(=O)O.Nc1ccc(C(=O)O)cc1. The lowest BCUT2D eigenvalue weighted by atomic mass is 10.0. The Morgan fingerprint density at radius 3 is 1.48 bits per heavy atom. The van der Waals surface area contributed by atoms with Crippen LogP contribution in [-0.2, 0) is 14.4 Å². The van der Waals surface area contributed by atoms with Gasteiger partial charge in [-0.05, 0) is 37.6 Å². The molecule has 0 aliphatic rings. The predicted octanol–water partition coefficient (Wildman–Crippen LogP) is 5.87. The van der Waals surface area contributed by atoms with Crippen LogP contribution in [0, 0.1) is 0 Å². The average Bonchev–Trinajstić information content (AvgIpc) is 2.90. The van der Waals surface area contributed by atoms with Gasteiger partial charge < -0.3 is 31.5 Å². The van der Waals surface area contributed by atoms with Crippen LogP contribution in [0.5, 0.6) is 0 Å². The first-order valence-electron chi connectivity index (χ1n) is 14.5. The summed E-state index contributed by atoms with van der Waals surface area (Å²) in [5.74, 6) is -3.18. The molecule has 0 saturated heterocycles. The number of amides is 1. The second-order valence-corrected chi connectivity index (χ2v) is 9.78. The molecule has 10 nitrogen and oxygen atoms in total. The Hall–Kier alpha value is -3.14. The third-order valence-electron chi connectivity index (χ3n) is 5.93. The van der Waals surface area contributed by atoms with Gasteiger partial charge in [0.15, 0.2) is 0 Å². The molecule has 1 amide bonds. The van der Waals surface area contributed by atoms with Crippen molar-refractivity contribution in [1.82, 2.24) is 5.32 Å². The third-order valence-corrected chi connectivity index (χ3v) is 5.93. The third kappa shape index (κ3) is 29.4. The summed E-state index contributed by atoms with van der Waals surface area (Å²) in [5.41, 5.74) is 6.17. The van der Waals surface area contributed by atoms with Gasteiger partial charge in [-0.1, -0.05) is 90.4 Å². The van der Waals surface area contributed by atoms with Crippen molar-refractivity contribution in [3.05, 3.63) is 29.8 Å². The van der Waals surface area contributed by atoms with E-state index in [2.05, 4.69) is 12.2 Å². The van der Waals surface area contributed by atoms with Crippen molar-refractivity contribution in [2.24, 2.45) is 0 Å². The number of aliphatic hydroxyl groups excluding tert-OH is 1. The number of nitrogens with two attached hydrogens (primary N) is 1. The summed E-state index contributed by atoms with van der Waals surface area (Å²) < 4.78 is 0. The van der Waals surface area contributed by atoms with Crippen LogP contribution in [0.3, 0.4) is 0 Å². The van der Waals surface area contributed by atoms with Crippen molar-refractivity contribution < 1.29 is 39.6 Å². The molecule has 1 rings (SSSR count). The average molecular weight is 569 g/mol. The van der Waals surface area contributed by atoms with Crippen LogP contribution in [0.1, 0.15) is 127 Å². The fraction of sp³-hybridized carbons (Fsp3) is 0.667. The first kappa shape index (κ1) is 39.0. The minimum atomic E-state index is -1.23. The van der Waals surface area contributed by atoms with E-state index in [0.29, 0.717) is 12.2 Å². The van der Waals surface area contributed by atoms with Crippen molar-refractivity contribution in [1.29, 1.82) is 0 Å². The van der Waals surface area contributed by atoms with Gasteiger partial charge in [0.05, 0.1) is 12.0 Å². The summed E-state index contributed by atoms with van der Waals surface area (Å²) in [7, 11) is 0. The standard InChI is InChI=1S/C20H39NO3.C7H7NO2.C3H6O3/c1-2-3-4-5-6-7-8-9-10-11-12-13-14-15-18-21-19(22)16-17-20(23)24;8-6-3-1-5(2-4-6)7(9)10;1-2(4)3(5)6/h2-18H2,1H3,(H,21,22)(H,23,24);1-4H,8H2,(H,9,10);2,4H,1H3,(H,5,6). The largest absolute Gasteiger partial charge is 0.481 e. The molecule has 0 saturated carbocycles. The Kier molecular flexibility index (Phi) is 26.7. The predicted molar refractivity (Wildman–Crippen MR) is 157 cm³/mol. The molecular weight excluding hydrogens is 516 g/mol. The molecule has 0 fully saturated rings. The van der Waals surface area contributed by atoms with Gasteiger partial charge in [-0.25, -0.2) is 9.59 Å². The van der Waals surface area contributed by atoms with Crippen LogP contribution in [0.25, 0.3) is 0 Å². The summed E-state index contributed by atoms with van der Waals surface area (Å²) in [6.07, 6.45) is 17.3. The maximum absolute atomic E-state index is 11.3. The highest BCUT2D eigenvalue weighted by atomic mass is 16.4. The van der Waals surface area contributed by atoms with Crippen molar-refractivity contribution in [3.63, 3.8) is 0 Å². The van der Waals surface area contributed by atoms with E-state index in [-0.39, 0.29) is 24.3 Å². The Labute approximate surface area is 239 Å². The van der Waals surface area contributed by atoms with Crippen LogP contribution in [0.15, 0.2) is 24.3 Å². The molecule has 7 N–H and O–H groups in total. The molecule has 0 aliphatic carbocycles. The number of carbonyl (C=O) groups is 4. The van der Waals surface area contributed by atoms with Gasteiger partial charge in [-0.15, -0.1) is 0 Å². The second-order valence-electron chi connectivity index (χ2n) is 9.78. The number of benzene rings is 1. The molecule has 10 heteroatoms. The van der Waals surface area contributed by atoms with E-state index in [1.165, 1.54) is 96.1 Å². The van der Waals surface area contributed by atoms with Gasteiger partial charge in [0.2, 0.25) is 5.91 Å². The van der Waals surface area contributed by atoms with Crippen LogP contribution in [0.4, 0.5) is 5.69 Å². The van der Waals surface area contributed by atoms with E-state index >= 15 is 0 Å². The number of nitrogens with one attached hydrogen (secondary N) is 1. The number of nitrogen functional groups attached to an aromatic ring is 1. The van der Waals surface area contributed by atoms with E-state index < -0.39 is 24.0 Å². The van der Waals surface area contributed by atoms with Crippen molar-refractivity contribution in [2.45, 2.75) is 123 Å². The van der Waals surface area contributed by atoms with Crippen molar-refractivity contribution in [2.75, 3.05) is 12.3 Å². The van der Waals surface area contributed by atoms with Gasteiger partial charge in [0.1, 0.15) is 6.10 Å². The number of aromatic carboxylic acids is 1. The minimum absolute atomic E-state index is 0.0788. The van der Waals surface area contributed by atoms with Crippen LogP contribution < -0.4 is 11.1 Å². The topological polar surface area (TPSA) is 187 Å². The number of aliphatic hydroxyl groups is 1. The molecular formula is C30H52N2O8. The molecule has 1 aromatic rings. The van der Waals surface area contributed by atoms with Gasteiger partial charge in [0.25, 0.3) is 0 Å². The van der Waals surface area contributed by atoms with Crippen LogP contribution >= 0.6 is 0 Å². The molecule has 0 spiro atoms. The lowest BCUT2D eigenvalue weighted by Crippen LogP contribution is -2.24. The molecule has 0 aliphatic heterocycles.